The van der Waals surface area contributed by atoms with E-state index in [9.17, 15) is 14.3 Å². The highest BCUT2D eigenvalue weighted by Gasteiger charge is 2.30. The molecule has 1 fully saturated rings. The molecule has 1 N–H and O–H groups in total. The summed E-state index contributed by atoms with van der Waals surface area (Å²) in [4.78, 5) is 14.3. The number of halogens is 1. The largest absolute Gasteiger partial charge is 0.394 e. The summed E-state index contributed by atoms with van der Waals surface area (Å²) in [5, 5.41) is 13.5. The van der Waals surface area contributed by atoms with Gasteiger partial charge in [0.2, 0.25) is 0 Å². The first-order valence-electron chi connectivity index (χ1n) is 7.35. The van der Waals surface area contributed by atoms with Gasteiger partial charge in [-0.25, -0.2) is 9.07 Å². The molecule has 1 saturated heterocycles. The second kappa shape index (κ2) is 5.88. The summed E-state index contributed by atoms with van der Waals surface area (Å²) in [5.74, 6) is -0.543. The predicted octanol–water partition coefficient (Wildman–Crippen LogP) is 1.92. The first-order chi connectivity index (χ1) is 10.6. The standard InChI is InChI=1S/C16H18FN3O2/c1-11-13(16(22)19-8-4-5-12(19)10-21)9-18-20(11)15-7-3-2-6-14(15)17/h2-3,6-7,9,12,21H,4-5,8,10H2,1H3/t12-/m1/s1. The van der Waals surface area contributed by atoms with E-state index < -0.39 is 0 Å². The van der Waals surface area contributed by atoms with E-state index >= 15 is 0 Å². The molecule has 1 atom stereocenters. The summed E-state index contributed by atoms with van der Waals surface area (Å²) in [6.45, 7) is 2.34. The highest BCUT2D eigenvalue weighted by atomic mass is 19.1. The van der Waals surface area contributed by atoms with Crippen LogP contribution in [0.25, 0.3) is 5.69 Å². The average Bonchev–Trinajstić information content (AvgIpc) is 3.14. The molecular formula is C16H18FN3O2. The number of carbonyl (C=O) groups excluding carboxylic acids is 1. The van der Waals surface area contributed by atoms with Crippen LogP contribution in [-0.2, 0) is 0 Å². The lowest BCUT2D eigenvalue weighted by Crippen LogP contribution is -2.37. The van der Waals surface area contributed by atoms with Crippen molar-refractivity contribution in [2.75, 3.05) is 13.2 Å². The Morgan fingerprint density at radius 3 is 2.95 bits per heavy atom. The van der Waals surface area contributed by atoms with Crippen LogP contribution in [0.3, 0.4) is 0 Å². The molecule has 5 nitrogen and oxygen atoms in total. The molecule has 0 radical (unpaired) electrons. The van der Waals surface area contributed by atoms with Crippen LogP contribution in [0.15, 0.2) is 30.5 Å². The van der Waals surface area contributed by atoms with Gasteiger partial charge in [0.05, 0.1) is 30.1 Å². The summed E-state index contributed by atoms with van der Waals surface area (Å²) in [6.07, 6.45) is 3.16. The Bertz CT molecular complexity index is 698. The zero-order valence-corrected chi connectivity index (χ0v) is 12.4. The summed E-state index contributed by atoms with van der Waals surface area (Å²) in [7, 11) is 0. The van der Waals surface area contributed by atoms with Gasteiger partial charge < -0.3 is 10.0 Å². The zero-order valence-electron chi connectivity index (χ0n) is 12.4. The zero-order chi connectivity index (χ0) is 15.7. The minimum atomic E-state index is -0.387. The predicted molar refractivity (Wildman–Crippen MR) is 79.4 cm³/mol. The van der Waals surface area contributed by atoms with Crippen LogP contribution >= 0.6 is 0 Å². The summed E-state index contributed by atoms with van der Waals surface area (Å²) in [6, 6.07) is 6.18. The van der Waals surface area contributed by atoms with E-state index in [1.54, 1.807) is 30.0 Å². The number of aliphatic hydroxyl groups is 1. The number of aromatic nitrogens is 2. The highest BCUT2D eigenvalue weighted by molar-refractivity contribution is 5.95. The quantitative estimate of drug-likeness (QED) is 0.942. The molecule has 1 aromatic heterocycles. The van der Waals surface area contributed by atoms with Crippen LogP contribution in [-0.4, -0.2) is 44.9 Å². The van der Waals surface area contributed by atoms with Crippen LogP contribution in [0.2, 0.25) is 0 Å². The molecule has 116 valence electrons. The number of hydrogen-bond acceptors (Lipinski definition) is 3. The Hall–Kier alpha value is -2.21. The SMILES string of the molecule is Cc1c(C(=O)N2CCC[C@@H]2CO)cnn1-c1ccccc1F. The van der Waals surface area contributed by atoms with Gasteiger partial charge in [-0.2, -0.15) is 5.10 Å². The van der Waals surface area contributed by atoms with Gasteiger partial charge in [-0.05, 0) is 31.9 Å². The molecule has 0 bridgehead atoms. The van der Waals surface area contributed by atoms with Gasteiger partial charge in [-0.1, -0.05) is 12.1 Å². The van der Waals surface area contributed by atoms with Crippen molar-refractivity contribution >= 4 is 5.91 Å². The van der Waals surface area contributed by atoms with Crippen molar-refractivity contribution in [3.63, 3.8) is 0 Å². The van der Waals surface area contributed by atoms with E-state index in [-0.39, 0.29) is 24.4 Å². The van der Waals surface area contributed by atoms with Crippen LogP contribution in [0, 0.1) is 12.7 Å². The lowest BCUT2D eigenvalue weighted by molar-refractivity contribution is 0.0677. The van der Waals surface area contributed by atoms with Crippen molar-refractivity contribution in [2.45, 2.75) is 25.8 Å². The number of aliphatic hydroxyl groups excluding tert-OH is 1. The van der Waals surface area contributed by atoms with Crippen LogP contribution in [0.1, 0.15) is 28.9 Å². The summed E-state index contributed by atoms with van der Waals surface area (Å²) in [5.41, 5.74) is 1.36. The molecule has 0 unspecified atom stereocenters. The van der Waals surface area contributed by atoms with Gasteiger partial charge in [-0.15, -0.1) is 0 Å². The highest BCUT2D eigenvalue weighted by Crippen LogP contribution is 2.23. The maximum absolute atomic E-state index is 13.9. The molecule has 22 heavy (non-hydrogen) atoms. The fraction of sp³-hybridized carbons (Fsp3) is 0.375. The Kier molecular flexibility index (Phi) is 3.94. The maximum Gasteiger partial charge on any atom is 0.257 e. The first kappa shape index (κ1) is 14.7. The number of amides is 1. The van der Waals surface area contributed by atoms with Gasteiger partial charge in [0, 0.05) is 6.54 Å². The van der Waals surface area contributed by atoms with Gasteiger partial charge >= 0.3 is 0 Å². The van der Waals surface area contributed by atoms with Gasteiger partial charge in [-0.3, -0.25) is 4.79 Å². The second-order valence-electron chi connectivity index (χ2n) is 5.48. The fourth-order valence-corrected chi connectivity index (χ4v) is 2.93. The normalized spacial score (nSPS) is 18.0. The number of rotatable bonds is 3. The molecular weight excluding hydrogens is 285 g/mol. The Morgan fingerprint density at radius 2 is 2.23 bits per heavy atom. The third-order valence-electron chi connectivity index (χ3n) is 4.17. The van der Waals surface area contributed by atoms with E-state index in [0.717, 1.165) is 12.8 Å². The first-order valence-corrected chi connectivity index (χ1v) is 7.35. The number of benzene rings is 1. The van der Waals surface area contributed by atoms with Crippen molar-refractivity contribution < 1.29 is 14.3 Å². The number of likely N-dealkylation sites (tertiary alicyclic amines) is 1. The number of para-hydroxylation sites is 1. The van der Waals surface area contributed by atoms with Crippen LogP contribution in [0.5, 0.6) is 0 Å². The molecule has 0 aliphatic carbocycles. The summed E-state index contributed by atoms with van der Waals surface area (Å²) < 4.78 is 15.3. The molecule has 1 aromatic carbocycles. The molecule has 2 aromatic rings. The van der Waals surface area contributed by atoms with Gasteiger partial charge in [0.1, 0.15) is 11.5 Å². The van der Waals surface area contributed by atoms with Crippen molar-refractivity contribution in [1.29, 1.82) is 0 Å². The third-order valence-corrected chi connectivity index (χ3v) is 4.17. The average molecular weight is 303 g/mol. The molecule has 0 spiro atoms. The summed E-state index contributed by atoms with van der Waals surface area (Å²) >= 11 is 0. The van der Waals surface area contributed by atoms with Gasteiger partial charge in [0.15, 0.2) is 0 Å². The second-order valence-corrected chi connectivity index (χ2v) is 5.48. The van der Waals surface area contributed by atoms with E-state index in [4.69, 9.17) is 0 Å². The van der Waals surface area contributed by atoms with Crippen molar-refractivity contribution in [3.05, 3.63) is 47.5 Å². The third kappa shape index (κ3) is 2.39. The molecule has 0 saturated carbocycles. The van der Waals surface area contributed by atoms with Crippen molar-refractivity contribution in [1.82, 2.24) is 14.7 Å². The molecule has 2 heterocycles. The van der Waals surface area contributed by atoms with E-state index in [2.05, 4.69) is 5.10 Å². The maximum atomic E-state index is 13.9. The van der Waals surface area contributed by atoms with Crippen LogP contribution < -0.4 is 0 Å². The topological polar surface area (TPSA) is 58.4 Å². The minimum Gasteiger partial charge on any atom is -0.394 e. The lowest BCUT2D eigenvalue weighted by atomic mass is 10.2. The Morgan fingerprint density at radius 1 is 1.45 bits per heavy atom. The molecule has 1 amide bonds. The Balaban J connectivity index is 1.94. The van der Waals surface area contributed by atoms with Crippen molar-refractivity contribution in [2.24, 2.45) is 0 Å². The molecule has 3 rings (SSSR count). The van der Waals surface area contributed by atoms with E-state index in [1.807, 2.05) is 0 Å². The van der Waals surface area contributed by atoms with Gasteiger partial charge in [0.25, 0.3) is 5.91 Å². The Labute approximate surface area is 128 Å². The molecule has 1 aliphatic rings. The van der Waals surface area contributed by atoms with E-state index in [0.29, 0.717) is 23.5 Å². The monoisotopic (exact) mass is 303 g/mol. The van der Waals surface area contributed by atoms with Crippen molar-refractivity contribution in [3.8, 4) is 5.69 Å². The molecule has 1 aliphatic heterocycles. The number of nitrogens with zero attached hydrogens (tertiary/aromatic N) is 3. The smallest absolute Gasteiger partial charge is 0.257 e. The number of carbonyl (C=O) groups is 1. The fourth-order valence-electron chi connectivity index (χ4n) is 2.93. The minimum absolute atomic E-state index is 0.0355. The van der Waals surface area contributed by atoms with Crippen LogP contribution in [0.4, 0.5) is 4.39 Å². The lowest BCUT2D eigenvalue weighted by Gasteiger charge is -2.22. The molecule has 6 heteroatoms. The number of hydrogen-bond donors (Lipinski definition) is 1. The van der Waals surface area contributed by atoms with E-state index in [1.165, 1.54) is 16.9 Å².